The number of rotatable bonds is 22. The Labute approximate surface area is 321 Å². The normalized spacial score (nSPS) is 13.3. The SMILES string of the molecule is CCCCCCCCc1cc(-c2c3c(c(-c4cc(CCCCCCCC)c(Br)s4)c4nn(CC(CC)CCCC)nc24)N[Se]N3)sc1Br. The molecule has 0 spiro atoms. The van der Waals surface area contributed by atoms with E-state index in [1.165, 1.54) is 147 Å². The molecule has 0 saturated carbocycles. The van der Waals surface area contributed by atoms with E-state index < -0.39 is 0 Å². The molecule has 0 bridgehead atoms. The molecule has 5 rings (SSSR count). The molecule has 3 aromatic heterocycles. The van der Waals surface area contributed by atoms with Crippen molar-refractivity contribution in [1.82, 2.24) is 15.0 Å². The van der Waals surface area contributed by atoms with Crippen LogP contribution in [0.2, 0.25) is 0 Å². The number of fused-ring (bicyclic) bond motifs is 2. The molecule has 2 N–H and O–H groups in total. The fourth-order valence-corrected chi connectivity index (χ4v) is 11.8. The van der Waals surface area contributed by atoms with Crippen molar-refractivity contribution in [2.45, 2.75) is 150 Å². The number of aryl methyl sites for hydroxylation is 2. The van der Waals surface area contributed by atoms with Crippen molar-refractivity contribution >= 4 is 92.3 Å². The number of thiophene rings is 2. The number of unbranched alkanes of at least 4 members (excludes halogenated alkanes) is 11. The van der Waals surface area contributed by atoms with Gasteiger partial charge in [0.1, 0.15) is 0 Å². The van der Waals surface area contributed by atoms with Gasteiger partial charge >= 0.3 is 297 Å². The first-order chi connectivity index (χ1) is 23.5. The number of nitrogens with zero attached hydrogens (tertiary/aromatic N) is 3. The molecule has 10 heteroatoms. The summed E-state index contributed by atoms with van der Waals surface area (Å²) in [4.78, 5) is 4.59. The molecular formula is C38H55Br2N5S2Se. The monoisotopic (exact) mass is 883 g/mol. The van der Waals surface area contributed by atoms with Crippen LogP contribution in [0.1, 0.15) is 142 Å². The summed E-state index contributed by atoms with van der Waals surface area (Å²) in [5, 5.41) is 10.7. The molecule has 48 heavy (non-hydrogen) atoms. The van der Waals surface area contributed by atoms with Gasteiger partial charge in [0, 0.05) is 0 Å². The van der Waals surface area contributed by atoms with E-state index in [0.717, 1.165) is 36.8 Å². The van der Waals surface area contributed by atoms with Gasteiger partial charge in [-0.15, -0.1) is 0 Å². The third-order valence-corrected chi connectivity index (χ3v) is 15.0. The summed E-state index contributed by atoms with van der Waals surface area (Å²) in [7, 11) is 0. The van der Waals surface area contributed by atoms with Crippen molar-refractivity contribution in [2.75, 3.05) is 8.67 Å². The Bertz CT molecular complexity index is 1490. The van der Waals surface area contributed by atoms with E-state index in [1.807, 2.05) is 27.5 Å². The van der Waals surface area contributed by atoms with E-state index in [9.17, 15) is 0 Å². The summed E-state index contributed by atoms with van der Waals surface area (Å²) in [6.45, 7) is 10.0. The van der Waals surface area contributed by atoms with Crippen LogP contribution < -0.4 is 8.67 Å². The third kappa shape index (κ3) is 9.70. The van der Waals surface area contributed by atoms with Crippen molar-refractivity contribution in [3.8, 4) is 20.9 Å². The number of halogens is 2. The molecule has 1 unspecified atom stereocenters. The molecule has 1 atom stereocenters. The van der Waals surface area contributed by atoms with Gasteiger partial charge in [-0.25, -0.2) is 0 Å². The molecule has 0 fully saturated rings. The summed E-state index contributed by atoms with van der Waals surface area (Å²) in [6, 6.07) is 4.86. The Balaban J connectivity index is 1.51. The quantitative estimate of drug-likeness (QED) is 0.0610. The van der Waals surface area contributed by atoms with Crippen LogP contribution in [0.15, 0.2) is 19.7 Å². The van der Waals surface area contributed by atoms with E-state index in [-0.39, 0.29) is 15.4 Å². The molecule has 0 aliphatic carbocycles. The van der Waals surface area contributed by atoms with Gasteiger partial charge in [0.25, 0.3) is 0 Å². The van der Waals surface area contributed by atoms with Gasteiger partial charge in [-0.1, -0.05) is 26.7 Å². The minimum absolute atomic E-state index is 0.0830. The Morgan fingerprint density at radius 2 is 1.12 bits per heavy atom. The van der Waals surface area contributed by atoms with Gasteiger partial charge in [0.05, 0.1) is 0 Å². The summed E-state index contributed by atoms with van der Waals surface area (Å²) in [5.41, 5.74) is 9.73. The second kappa shape index (κ2) is 19.6. The molecule has 0 saturated heterocycles. The van der Waals surface area contributed by atoms with Crippen LogP contribution in [-0.2, 0) is 19.4 Å². The molecule has 1 aromatic carbocycles. The molecule has 1 aliphatic rings. The molecule has 0 amide bonds. The van der Waals surface area contributed by atoms with E-state index in [0.29, 0.717) is 5.92 Å². The molecule has 4 heterocycles. The summed E-state index contributed by atoms with van der Waals surface area (Å²) >= 11 is 11.7. The fourth-order valence-electron chi connectivity index (χ4n) is 6.80. The predicted octanol–water partition coefficient (Wildman–Crippen LogP) is 13.8. The van der Waals surface area contributed by atoms with Crippen LogP contribution in [0.3, 0.4) is 0 Å². The van der Waals surface area contributed by atoms with E-state index >= 15 is 0 Å². The van der Waals surface area contributed by atoms with E-state index in [4.69, 9.17) is 10.2 Å². The number of nitrogens with one attached hydrogen (secondary N) is 2. The number of hydrogen-bond acceptors (Lipinski definition) is 6. The number of hydrogen-bond donors (Lipinski definition) is 2. The van der Waals surface area contributed by atoms with Gasteiger partial charge in [0.2, 0.25) is 0 Å². The molecule has 264 valence electrons. The summed E-state index contributed by atoms with van der Waals surface area (Å²) in [5.74, 6) is 0.588. The summed E-state index contributed by atoms with van der Waals surface area (Å²) < 4.78 is 10.1. The van der Waals surface area contributed by atoms with Gasteiger partial charge < -0.3 is 0 Å². The first kappa shape index (κ1) is 38.3. The minimum atomic E-state index is 0.0830. The second-order valence-corrected chi connectivity index (χ2v) is 19.6. The predicted molar refractivity (Wildman–Crippen MR) is 220 cm³/mol. The standard InChI is InChI=1S/C38H55Br2N5S2Se/c1-5-9-12-14-16-18-21-27-23-29(46-37(27)39)31-33-34(42-45(41-33)25-26(8-4)20-11-7-3)32(36-35(31)43-48-44-36)30-24-28(38(40)47-30)22-19-17-15-13-10-6-2/h23-24,26,43-44H,5-22,25H2,1-4H3. The van der Waals surface area contributed by atoms with Crippen LogP contribution in [0.25, 0.3) is 31.9 Å². The number of benzene rings is 1. The Hall–Kier alpha value is -0.901. The average molecular weight is 885 g/mol. The van der Waals surface area contributed by atoms with Crippen LogP contribution in [0.5, 0.6) is 0 Å². The molecule has 1 aliphatic heterocycles. The first-order valence-electron chi connectivity index (χ1n) is 18.7. The third-order valence-electron chi connectivity index (χ3n) is 9.76. The van der Waals surface area contributed by atoms with Gasteiger partial charge in [-0.2, -0.15) is 0 Å². The zero-order valence-corrected chi connectivity index (χ0v) is 36.0. The van der Waals surface area contributed by atoms with Crippen LogP contribution in [-0.4, -0.2) is 30.4 Å². The van der Waals surface area contributed by atoms with Crippen molar-refractivity contribution in [3.05, 3.63) is 30.8 Å². The zero-order chi connectivity index (χ0) is 33.9. The van der Waals surface area contributed by atoms with Gasteiger partial charge in [0.15, 0.2) is 0 Å². The second-order valence-electron chi connectivity index (χ2n) is 13.5. The molecular weight excluding hydrogens is 829 g/mol. The Morgan fingerprint density at radius 1 is 0.667 bits per heavy atom. The van der Waals surface area contributed by atoms with Gasteiger partial charge in [-0.3, -0.25) is 0 Å². The van der Waals surface area contributed by atoms with Crippen LogP contribution in [0, 0.1) is 5.92 Å². The molecule has 0 radical (unpaired) electrons. The fraction of sp³-hybridized carbons (Fsp3) is 0.632. The van der Waals surface area contributed by atoms with Gasteiger partial charge in [-0.05, 0) is 0 Å². The summed E-state index contributed by atoms with van der Waals surface area (Å²) in [6.07, 6.45) is 22.9. The van der Waals surface area contributed by atoms with Crippen molar-refractivity contribution in [1.29, 1.82) is 0 Å². The first-order valence-corrected chi connectivity index (χ1v) is 23.6. The topological polar surface area (TPSA) is 54.8 Å². The average Bonchev–Trinajstić information content (AvgIpc) is 3.88. The zero-order valence-electron chi connectivity index (χ0n) is 29.5. The van der Waals surface area contributed by atoms with Crippen molar-refractivity contribution < 1.29 is 0 Å². The maximum atomic E-state index is 5.33. The molecule has 5 nitrogen and oxygen atoms in total. The van der Waals surface area contributed by atoms with Crippen molar-refractivity contribution in [3.63, 3.8) is 0 Å². The number of anilines is 2. The van der Waals surface area contributed by atoms with Crippen molar-refractivity contribution in [2.24, 2.45) is 5.92 Å². The van der Waals surface area contributed by atoms with E-state index in [2.05, 4.69) is 80.4 Å². The Kier molecular flexibility index (Phi) is 15.7. The van der Waals surface area contributed by atoms with Crippen LogP contribution in [0.4, 0.5) is 11.4 Å². The Morgan fingerprint density at radius 3 is 1.58 bits per heavy atom. The van der Waals surface area contributed by atoms with E-state index in [1.54, 1.807) is 0 Å². The molecule has 4 aromatic rings. The maximum absolute atomic E-state index is 5.33. The van der Waals surface area contributed by atoms with Crippen LogP contribution >= 0.6 is 54.5 Å². The number of aromatic nitrogens is 3.